The highest BCUT2D eigenvalue weighted by Crippen LogP contribution is 2.65. The van der Waals surface area contributed by atoms with Crippen molar-refractivity contribution in [1.82, 2.24) is 0 Å². The molecule has 0 aromatic carbocycles. The molecule has 6 atom stereocenters. The minimum Gasteiger partial charge on any atom is -0.378 e. The van der Waals surface area contributed by atoms with E-state index in [1.807, 2.05) is 0 Å². The Morgan fingerprint density at radius 1 is 1.04 bits per heavy atom. The van der Waals surface area contributed by atoms with E-state index in [9.17, 15) is 0 Å². The number of halogens is 2. The highest BCUT2D eigenvalue weighted by molar-refractivity contribution is 14.1. The molecule has 1 nitrogen and oxygen atoms in total. The van der Waals surface area contributed by atoms with Crippen molar-refractivity contribution in [2.75, 3.05) is 11.0 Å². The molecule has 0 N–H and O–H groups in total. The van der Waals surface area contributed by atoms with Gasteiger partial charge in [-0.05, 0) is 112 Å². The van der Waals surface area contributed by atoms with E-state index in [1.54, 1.807) is 9.15 Å². The van der Waals surface area contributed by atoms with Crippen molar-refractivity contribution in [3.05, 3.63) is 21.3 Å². The molecular formula is C23H34I2O. The molecule has 0 saturated heterocycles. The van der Waals surface area contributed by atoms with Crippen LogP contribution in [0.2, 0.25) is 0 Å². The molecule has 4 aliphatic rings. The number of unbranched alkanes of at least 4 members (excludes halogenated alkanes) is 1. The summed E-state index contributed by atoms with van der Waals surface area (Å²) in [6.45, 7) is 6.13. The largest absolute Gasteiger partial charge is 0.378 e. The van der Waals surface area contributed by atoms with Crippen molar-refractivity contribution in [2.24, 2.45) is 28.6 Å². The van der Waals surface area contributed by atoms with Crippen LogP contribution in [0.15, 0.2) is 21.3 Å². The number of allylic oxidation sites excluding steroid dienone is 3. The fraction of sp³-hybridized carbons (Fsp3) is 0.826. The number of ether oxygens (including phenoxy) is 1. The lowest BCUT2D eigenvalue weighted by molar-refractivity contribution is -0.0409. The summed E-state index contributed by atoms with van der Waals surface area (Å²) in [5.74, 6) is 2.72. The van der Waals surface area contributed by atoms with Crippen molar-refractivity contribution in [2.45, 2.75) is 77.7 Å². The Hall–Kier alpha value is 0.900. The van der Waals surface area contributed by atoms with Gasteiger partial charge in [0.1, 0.15) is 0 Å². The maximum atomic E-state index is 6.26. The summed E-state index contributed by atoms with van der Waals surface area (Å²) in [6.07, 6.45) is 17.6. The van der Waals surface area contributed by atoms with Crippen molar-refractivity contribution >= 4 is 45.2 Å². The molecule has 3 unspecified atom stereocenters. The fourth-order valence-electron chi connectivity index (χ4n) is 6.73. The molecular weight excluding hydrogens is 546 g/mol. The van der Waals surface area contributed by atoms with Crippen LogP contribution in [0.25, 0.3) is 0 Å². The van der Waals surface area contributed by atoms with E-state index in [2.05, 4.69) is 71.2 Å². The molecule has 4 aliphatic carbocycles. The van der Waals surface area contributed by atoms with Crippen molar-refractivity contribution in [1.29, 1.82) is 0 Å². The Balaban J connectivity index is 1.46. The second-order valence-corrected chi connectivity index (χ2v) is 11.9. The minimum absolute atomic E-state index is 0.459. The molecule has 2 fully saturated rings. The molecule has 4 rings (SSSR count). The normalized spacial score (nSPS) is 44.6. The summed E-state index contributed by atoms with van der Waals surface area (Å²) < 4.78 is 9.17. The predicted molar refractivity (Wildman–Crippen MR) is 127 cm³/mol. The van der Waals surface area contributed by atoms with E-state index < -0.39 is 0 Å². The fourth-order valence-corrected chi connectivity index (χ4v) is 8.19. The van der Waals surface area contributed by atoms with Crippen molar-refractivity contribution in [3.8, 4) is 0 Å². The average molecular weight is 580 g/mol. The standard InChI is InChI=1S/C23H34I2O/c1-22-11-9-17(26-14-4-3-13-24)15-16(22)5-6-18-19-7-8-21(25)23(19,2)12-10-20(18)22/h5,8,17-20H,3-4,6-7,9-15H2,1-2H3/t17-,18?,19?,20?,22-,23-/m0/s1. The smallest absolute Gasteiger partial charge is 0.0612 e. The van der Waals surface area contributed by atoms with E-state index >= 15 is 0 Å². The van der Waals surface area contributed by atoms with Gasteiger partial charge >= 0.3 is 0 Å². The molecule has 0 amide bonds. The van der Waals surface area contributed by atoms with Crippen LogP contribution in [0.5, 0.6) is 0 Å². The first-order chi connectivity index (χ1) is 12.5. The second-order valence-electron chi connectivity index (χ2n) is 9.63. The van der Waals surface area contributed by atoms with Crippen LogP contribution in [0.3, 0.4) is 0 Å². The molecule has 0 bridgehead atoms. The number of rotatable bonds is 5. The Bertz CT molecular complexity index is 597. The number of fused-ring (bicyclic) bond motifs is 5. The summed E-state index contributed by atoms with van der Waals surface area (Å²) in [5, 5.41) is 0. The highest BCUT2D eigenvalue weighted by Gasteiger charge is 2.56. The first-order valence-corrected chi connectivity index (χ1v) is 13.3. The molecule has 0 radical (unpaired) electrons. The molecule has 0 aromatic rings. The van der Waals surface area contributed by atoms with Crippen LogP contribution < -0.4 is 0 Å². The van der Waals surface area contributed by atoms with Gasteiger partial charge < -0.3 is 4.74 Å². The highest BCUT2D eigenvalue weighted by atomic mass is 127. The number of hydrogen-bond donors (Lipinski definition) is 0. The molecule has 26 heavy (non-hydrogen) atoms. The first kappa shape index (κ1) is 20.2. The van der Waals surface area contributed by atoms with Gasteiger partial charge in [-0.15, -0.1) is 0 Å². The van der Waals surface area contributed by atoms with Gasteiger partial charge in [0.05, 0.1) is 6.10 Å². The first-order valence-electron chi connectivity index (χ1n) is 10.7. The Labute approximate surface area is 187 Å². The third-order valence-corrected chi connectivity index (χ3v) is 10.9. The number of alkyl halides is 1. The minimum atomic E-state index is 0.459. The van der Waals surface area contributed by atoms with Gasteiger partial charge in [0.15, 0.2) is 0 Å². The van der Waals surface area contributed by atoms with Gasteiger partial charge in [-0.25, -0.2) is 0 Å². The average Bonchev–Trinajstić information content (AvgIpc) is 2.94. The van der Waals surface area contributed by atoms with E-state index in [1.165, 1.54) is 62.2 Å². The summed E-state index contributed by atoms with van der Waals surface area (Å²) >= 11 is 5.11. The van der Waals surface area contributed by atoms with Crippen molar-refractivity contribution < 1.29 is 4.74 Å². The molecule has 146 valence electrons. The van der Waals surface area contributed by atoms with Crippen molar-refractivity contribution in [3.63, 3.8) is 0 Å². The van der Waals surface area contributed by atoms with E-state index in [0.717, 1.165) is 24.4 Å². The Kier molecular flexibility index (Phi) is 6.18. The molecule has 0 heterocycles. The molecule has 3 heteroatoms. The van der Waals surface area contributed by atoms with Crippen LogP contribution in [0.1, 0.15) is 71.6 Å². The maximum absolute atomic E-state index is 6.26. The van der Waals surface area contributed by atoms with Gasteiger partial charge in [-0.1, -0.05) is 54.2 Å². The zero-order chi connectivity index (χ0) is 18.4. The topological polar surface area (TPSA) is 9.23 Å². The summed E-state index contributed by atoms with van der Waals surface area (Å²) in [4.78, 5) is 0. The monoisotopic (exact) mass is 580 g/mol. The van der Waals surface area contributed by atoms with E-state index in [0.29, 0.717) is 16.9 Å². The van der Waals surface area contributed by atoms with Gasteiger partial charge in [0.25, 0.3) is 0 Å². The van der Waals surface area contributed by atoms with Crippen LogP contribution in [0.4, 0.5) is 0 Å². The Morgan fingerprint density at radius 3 is 2.65 bits per heavy atom. The molecule has 0 spiro atoms. The zero-order valence-corrected chi connectivity index (χ0v) is 20.7. The van der Waals surface area contributed by atoms with Crippen LogP contribution >= 0.6 is 45.2 Å². The van der Waals surface area contributed by atoms with Crippen LogP contribution in [-0.2, 0) is 4.74 Å². The zero-order valence-electron chi connectivity index (χ0n) is 16.4. The lowest BCUT2D eigenvalue weighted by Gasteiger charge is -2.57. The third-order valence-electron chi connectivity index (χ3n) is 8.43. The maximum Gasteiger partial charge on any atom is 0.0612 e. The molecule has 0 aromatic heterocycles. The van der Waals surface area contributed by atoms with Gasteiger partial charge in [0, 0.05) is 12.0 Å². The third kappa shape index (κ3) is 3.38. The van der Waals surface area contributed by atoms with Crippen LogP contribution in [-0.4, -0.2) is 17.1 Å². The molecule has 0 aliphatic heterocycles. The summed E-state index contributed by atoms with van der Waals surface area (Å²) in [5.41, 5.74) is 2.70. The molecule has 2 saturated carbocycles. The SMILES string of the molecule is C[C@]12CC[C@H](OCCCCI)CC1=CCC1C2CC[C@]2(C)C(I)=CCC12. The number of hydrogen-bond acceptors (Lipinski definition) is 1. The van der Waals surface area contributed by atoms with E-state index in [4.69, 9.17) is 4.74 Å². The Morgan fingerprint density at radius 2 is 1.85 bits per heavy atom. The summed E-state index contributed by atoms with van der Waals surface area (Å²) in [6, 6.07) is 0. The quantitative estimate of drug-likeness (QED) is 0.142. The van der Waals surface area contributed by atoms with Gasteiger partial charge in [0.2, 0.25) is 0 Å². The van der Waals surface area contributed by atoms with Gasteiger partial charge in [-0.2, -0.15) is 0 Å². The predicted octanol–water partition coefficient (Wildman–Crippen LogP) is 7.48. The van der Waals surface area contributed by atoms with Gasteiger partial charge in [-0.3, -0.25) is 0 Å². The van der Waals surface area contributed by atoms with Crippen LogP contribution in [0, 0.1) is 28.6 Å². The second kappa shape index (κ2) is 7.97. The lowest BCUT2D eigenvalue weighted by atomic mass is 9.48. The van der Waals surface area contributed by atoms with E-state index in [-0.39, 0.29) is 0 Å². The summed E-state index contributed by atoms with van der Waals surface area (Å²) in [7, 11) is 0. The lowest BCUT2D eigenvalue weighted by Crippen LogP contribution is -2.49.